The average molecular weight is 442 g/mol. The molecule has 29 heavy (non-hydrogen) atoms. The summed E-state index contributed by atoms with van der Waals surface area (Å²) in [6.07, 6.45) is 0.248. The number of hydrogen-bond donors (Lipinski definition) is 1. The van der Waals surface area contributed by atoms with E-state index in [4.69, 9.17) is 10.7 Å². The molecule has 0 spiro atoms. The minimum atomic E-state index is -0.339. The van der Waals surface area contributed by atoms with Crippen molar-refractivity contribution in [1.82, 2.24) is 19.7 Å². The Balaban J connectivity index is 1.51. The van der Waals surface area contributed by atoms with Crippen molar-refractivity contribution in [2.24, 2.45) is 5.73 Å². The van der Waals surface area contributed by atoms with Crippen LogP contribution in [0, 0.1) is 6.92 Å². The molecule has 0 aliphatic carbocycles. The minimum absolute atomic E-state index is 0.248. The second-order valence-electron chi connectivity index (χ2n) is 6.45. The molecule has 4 rings (SSSR count). The van der Waals surface area contributed by atoms with Crippen LogP contribution in [0.5, 0.6) is 0 Å². The van der Waals surface area contributed by atoms with Gasteiger partial charge in [0.25, 0.3) is 0 Å². The Morgan fingerprint density at radius 3 is 2.72 bits per heavy atom. The quantitative estimate of drug-likeness (QED) is 0.404. The summed E-state index contributed by atoms with van der Waals surface area (Å²) in [6, 6.07) is 12.4. The fraction of sp³-hybridized carbons (Fsp3) is 0.200. The summed E-state index contributed by atoms with van der Waals surface area (Å²) in [5.41, 5.74) is 8.71. The van der Waals surface area contributed by atoms with Gasteiger partial charge in [0.05, 0.1) is 10.6 Å². The highest BCUT2D eigenvalue weighted by atomic mass is 32.2. The number of aryl methyl sites for hydroxylation is 1. The summed E-state index contributed by atoms with van der Waals surface area (Å²) in [5, 5.41) is 14.5. The highest BCUT2D eigenvalue weighted by molar-refractivity contribution is 7.98. The van der Waals surface area contributed by atoms with Crippen LogP contribution in [-0.4, -0.2) is 25.7 Å². The van der Waals surface area contributed by atoms with Crippen LogP contribution in [-0.2, 0) is 17.1 Å². The SMILES string of the molecule is Cc1ccc(-c2nc(CSc3nnc(-c4cccs4)n3CCC(N)=O)cs2)cc1. The Bertz CT molecular complexity index is 1100. The van der Waals surface area contributed by atoms with E-state index >= 15 is 0 Å². The lowest BCUT2D eigenvalue weighted by Gasteiger charge is -2.07. The number of carbonyl (C=O) groups excluding carboxylic acids is 1. The second-order valence-corrected chi connectivity index (χ2v) is 9.20. The van der Waals surface area contributed by atoms with Gasteiger partial charge in [0.15, 0.2) is 11.0 Å². The van der Waals surface area contributed by atoms with Gasteiger partial charge in [0.1, 0.15) is 5.01 Å². The van der Waals surface area contributed by atoms with Gasteiger partial charge in [-0.05, 0) is 18.4 Å². The number of hydrogen-bond acceptors (Lipinski definition) is 7. The molecule has 0 aliphatic rings. The van der Waals surface area contributed by atoms with Crippen molar-refractivity contribution < 1.29 is 4.79 Å². The molecular formula is C20H19N5OS3. The molecule has 148 valence electrons. The number of thioether (sulfide) groups is 1. The van der Waals surface area contributed by atoms with Crippen molar-refractivity contribution in [3.05, 3.63) is 58.4 Å². The Morgan fingerprint density at radius 1 is 1.17 bits per heavy atom. The largest absolute Gasteiger partial charge is 0.370 e. The first-order chi connectivity index (χ1) is 14.1. The van der Waals surface area contributed by atoms with Gasteiger partial charge in [-0.15, -0.1) is 32.9 Å². The Labute approximate surface area is 180 Å². The standard InChI is InChI=1S/C20H19N5OS3/c1-13-4-6-14(7-5-13)19-22-15(11-28-19)12-29-20-24-23-18(16-3-2-10-27-16)25(20)9-8-17(21)26/h2-7,10-11H,8-9,12H2,1H3,(H2,21,26). The van der Waals surface area contributed by atoms with Gasteiger partial charge >= 0.3 is 0 Å². The number of thiazole rings is 1. The van der Waals surface area contributed by atoms with Crippen molar-refractivity contribution in [1.29, 1.82) is 0 Å². The number of benzene rings is 1. The number of amides is 1. The highest BCUT2D eigenvalue weighted by Gasteiger charge is 2.16. The molecule has 3 heterocycles. The lowest BCUT2D eigenvalue weighted by molar-refractivity contribution is -0.118. The number of aromatic nitrogens is 4. The Kier molecular flexibility index (Phi) is 6.08. The van der Waals surface area contributed by atoms with Crippen LogP contribution >= 0.6 is 34.4 Å². The number of nitrogens with two attached hydrogens (primary N) is 1. The maximum Gasteiger partial charge on any atom is 0.219 e. The van der Waals surface area contributed by atoms with Crippen molar-refractivity contribution in [3.63, 3.8) is 0 Å². The first-order valence-electron chi connectivity index (χ1n) is 9.00. The molecule has 0 saturated heterocycles. The number of rotatable bonds is 8. The van der Waals surface area contributed by atoms with Crippen molar-refractivity contribution in [2.45, 2.75) is 30.8 Å². The zero-order chi connectivity index (χ0) is 20.2. The molecule has 0 fully saturated rings. The molecular weight excluding hydrogens is 422 g/mol. The summed E-state index contributed by atoms with van der Waals surface area (Å²) < 4.78 is 1.97. The number of thiophene rings is 1. The Morgan fingerprint density at radius 2 is 2.00 bits per heavy atom. The molecule has 2 N–H and O–H groups in total. The van der Waals surface area contributed by atoms with Crippen molar-refractivity contribution in [3.8, 4) is 21.3 Å². The van der Waals surface area contributed by atoms with Crippen LogP contribution in [0.4, 0.5) is 0 Å². The maximum absolute atomic E-state index is 11.3. The summed E-state index contributed by atoms with van der Waals surface area (Å²) >= 11 is 4.80. The number of carbonyl (C=O) groups is 1. The minimum Gasteiger partial charge on any atom is -0.370 e. The van der Waals surface area contributed by atoms with E-state index in [9.17, 15) is 4.79 Å². The molecule has 4 aromatic rings. The van der Waals surface area contributed by atoms with Gasteiger partial charge in [0.2, 0.25) is 5.91 Å². The van der Waals surface area contributed by atoms with E-state index in [1.807, 2.05) is 22.1 Å². The molecule has 0 atom stereocenters. The zero-order valence-electron chi connectivity index (χ0n) is 15.7. The highest BCUT2D eigenvalue weighted by Crippen LogP contribution is 2.31. The number of nitrogens with zero attached hydrogens (tertiary/aromatic N) is 4. The molecule has 9 heteroatoms. The summed E-state index contributed by atoms with van der Waals surface area (Å²) in [4.78, 5) is 17.1. The topological polar surface area (TPSA) is 86.7 Å². The molecule has 0 saturated carbocycles. The van der Waals surface area contributed by atoms with E-state index in [2.05, 4.69) is 46.8 Å². The first kappa shape index (κ1) is 19.8. The normalized spacial score (nSPS) is 11.1. The maximum atomic E-state index is 11.3. The van der Waals surface area contributed by atoms with Gasteiger partial charge in [-0.3, -0.25) is 4.79 Å². The first-order valence-corrected chi connectivity index (χ1v) is 11.7. The molecule has 1 amide bonds. The fourth-order valence-corrected chi connectivity index (χ4v) is 5.25. The zero-order valence-corrected chi connectivity index (χ0v) is 18.2. The van der Waals surface area contributed by atoms with Crippen molar-refractivity contribution >= 4 is 40.3 Å². The van der Waals surface area contributed by atoms with E-state index in [1.165, 1.54) is 5.56 Å². The van der Waals surface area contributed by atoms with Crippen LogP contribution in [0.2, 0.25) is 0 Å². The van der Waals surface area contributed by atoms with E-state index in [0.29, 0.717) is 12.3 Å². The van der Waals surface area contributed by atoms with Crippen molar-refractivity contribution in [2.75, 3.05) is 0 Å². The summed E-state index contributed by atoms with van der Waals surface area (Å²) in [6.45, 7) is 2.54. The third kappa shape index (κ3) is 4.75. The number of primary amides is 1. The van der Waals surface area contributed by atoms with E-state index in [1.54, 1.807) is 34.4 Å². The van der Waals surface area contributed by atoms with Crippen LogP contribution < -0.4 is 5.73 Å². The molecule has 0 radical (unpaired) electrons. The smallest absolute Gasteiger partial charge is 0.219 e. The lowest BCUT2D eigenvalue weighted by atomic mass is 10.2. The van der Waals surface area contributed by atoms with Gasteiger partial charge in [-0.25, -0.2) is 4.98 Å². The van der Waals surface area contributed by atoms with Crippen LogP contribution in [0.25, 0.3) is 21.3 Å². The van der Waals surface area contributed by atoms with Gasteiger partial charge in [-0.2, -0.15) is 0 Å². The molecule has 3 aromatic heterocycles. The van der Waals surface area contributed by atoms with Gasteiger partial charge in [0, 0.05) is 29.7 Å². The van der Waals surface area contributed by atoms with E-state index < -0.39 is 0 Å². The lowest BCUT2D eigenvalue weighted by Crippen LogP contribution is -2.14. The Hall–Kier alpha value is -2.49. The molecule has 0 aliphatic heterocycles. The van der Waals surface area contributed by atoms with E-state index in [-0.39, 0.29) is 12.3 Å². The second kappa shape index (κ2) is 8.89. The predicted octanol–water partition coefficient (Wildman–Crippen LogP) is 4.61. The monoisotopic (exact) mass is 441 g/mol. The molecule has 6 nitrogen and oxygen atoms in total. The third-order valence-corrected chi connectivity index (χ3v) is 7.05. The van der Waals surface area contributed by atoms with Crippen LogP contribution in [0.3, 0.4) is 0 Å². The average Bonchev–Trinajstić information content (AvgIpc) is 3.45. The molecule has 0 unspecified atom stereocenters. The third-order valence-electron chi connectivity index (χ3n) is 4.24. The van der Waals surface area contributed by atoms with Crippen LogP contribution in [0.1, 0.15) is 17.7 Å². The predicted molar refractivity (Wildman–Crippen MR) is 119 cm³/mol. The molecule has 0 bridgehead atoms. The van der Waals surface area contributed by atoms with Gasteiger partial charge in [-0.1, -0.05) is 47.7 Å². The fourth-order valence-electron chi connectivity index (χ4n) is 2.75. The van der Waals surface area contributed by atoms with Crippen LogP contribution in [0.15, 0.2) is 52.3 Å². The van der Waals surface area contributed by atoms with E-state index in [0.717, 1.165) is 32.1 Å². The molecule has 1 aromatic carbocycles. The summed E-state index contributed by atoms with van der Waals surface area (Å²) in [5.74, 6) is 1.11. The van der Waals surface area contributed by atoms with Gasteiger partial charge < -0.3 is 10.3 Å². The summed E-state index contributed by atoms with van der Waals surface area (Å²) in [7, 11) is 0.